The third kappa shape index (κ3) is 3.13. The first-order valence-corrected chi connectivity index (χ1v) is 8.09. The van der Waals surface area contributed by atoms with E-state index in [9.17, 15) is 9.59 Å². The Morgan fingerprint density at radius 2 is 1.77 bits per heavy atom. The quantitative estimate of drug-likeness (QED) is 0.839. The average Bonchev–Trinajstić information content (AvgIpc) is 3.09. The van der Waals surface area contributed by atoms with Gasteiger partial charge in [0.1, 0.15) is 6.10 Å². The lowest BCUT2D eigenvalue weighted by Gasteiger charge is -2.36. The largest absolute Gasteiger partial charge is 0.368 e. The van der Waals surface area contributed by atoms with Crippen LogP contribution in [0.25, 0.3) is 0 Å². The predicted molar refractivity (Wildman–Crippen MR) is 85.2 cm³/mol. The summed E-state index contributed by atoms with van der Waals surface area (Å²) in [4.78, 5) is 29.1. The Balaban J connectivity index is 1.58. The molecule has 0 saturated carbocycles. The van der Waals surface area contributed by atoms with Gasteiger partial charge in [-0.05, 0) is 25.0 Å². The average molecular weight is 320 g/mol. The van der Waals surface area contributed by atoms with Crippen LogP contribution in [0.5, 0.6) is 0 Å². The van der Waals surface area contributed by atoms with Crippen molar-refractivity contribution in [3.8, 4) is 0 Å². The van der Waals surface area contributed by atoms with E-state index in [1.807, 2.05) is 23.1 Å². The normalized spacial score (nSPS) is 22.0. The van der Waals surface area contributed by atoms with E-state index < -0.39 is 0 Å². The topological polar surface area (TPSA) is 49.9 Å². The number of ether oxygens (including phenoxy) is 1. The van der Waals surface area contributed by atoms with Gasteiger partial charge in [-0.3, -0.25) is 9.59 Å². The number of hydrogen-bond donors (Lipinski definition) is 1. The smallest absolute Gasteiger partial charge is 0.255 e. The maximum absolute atomic E-state index is 12.5. The zero-order valence-electron chi connectivity index (χ0n) is 12.4. The molecule has 0 N–H and O–H groups in total. The van der Waals surface area contributed by atoms with Crippen LogP contribution in [0, 0.1) is 0 Å². The minimum atomic E-state index is -0.277. The molecule has 3 rings (SSSR count). The molecule has 6 heteroatoms. The molecule has 0 aromatic heterocycles. The van der Waals surface area contributed by atoms with Crippen molar-refractivity contribution in [2.75, 3.05) is 32.8 Å². The monoisotopic (exact) mass is 320 g/mol. The summed E-state index contributed by atoms with van der Waals surface area (Å²) in [6, 6.07) is 7.30. The van der Waals surface area contributed by atoms with E-state index in [1.54, 1.807) is 11.0 Å². The van der Waals surface area contributed by atoms with Crippen molar-refractivity contribution < 1.29 is 14.3 Å². The van der Waals surface area contributed by atoms with E-state index in [4.69, 9.17) is 4.74 Å². The third-order valence-corrected chi connectivity index (χ3v) is 4.61. The van der Waals surface area contributed by atoms with Gasteiger partial charge in [0.2, 0.25) is 0 Å². The number of carbonyl (C=O) groups excluding carboxylic acids is 2. The molecule has 0 aliphatic carbocycles. The maximum Gasteiger partial charge on any atom is 0.255 e. The molecule has 0 bridgehead atoms. The zero-order chi connectivity index (χ0) is 15.5. The summed E-state index contributed by atoms with van der Waals surface area (Å²) in [5, 5.41) is 0. The second-order valence-corrected chi connectivity index (χ2v) is 6.12. The van der Waals surface area contributed by atoms with Crippen molar-refractivity contribution in [1.82, 2.24) is 9.80 Å². The Morgan fingerprint density at radius 3 is 2.41 bits per heavy atom. The highest BCUT2D eigenvalue weighted by Crippen LogP contribution is 2.19. The van der Waals surface area contributed by atoms with Gasteiger partial charge in [-0.1, -0.05) is 12.1 Å². The second-order valence-electron chi connectivity index (χ2n) is 5.64. The van der Waals surface area contributed by atoms with Gasteiger partial charge in [-0.25, -0.2) is 0 Å². The fourth-order valence-corrected chi connectivity index (χ4v) is 3.19. The summed E-state index contributed by atoms with van der Waals surface area (Å²) in [5.74, 6) is 0.0500. The van der Waals surface area contributed by atoms with Crippen LogP contribution in [-0.4, -0.2) is 60.5 Å². The van der Waals surface area contributed by atoms with Crippen LogP contribution in [0.3, 0.4) is 0 Å². The summed E-state index contributed by atoms with van der Waals surface area (Å²) >= 11 is 4.34. The molecule has 2 aliphatic heterocycles. The Bertz CT molecular complexity index is 564. The summed E-state index contributed by atoms with van der Waals surface area (Å²) in [6.45, 7) is 2.92. The van der Waals surface area contributed by atoms with Gasteiger partial charge in [0.25, 0.3) is 11.8 Å². The first-order valence-electron chi connectivity index (χ1n) is 7.64. The highest BCUT2D eigenvalue weighted by atomic mass is 32.1. The van der Waals surface area contributed by atoms with Crippen LogP contribution in [0.4, 0.5) is 0 Å². The summed E-state index contributed by atoms with van der Waals surface area (Å²) in [7, 11) is 0. The Kier molecular flexibility index (Phi) is 4.69. The predicted octanol–water partition coefficient (Wildman–Crippen LogP) is 1.44. The molecule has 2 fully saturated rings. The highest BCUT2D eigenvalue weighted by molar-refractivity contribution is 7.80. The maximum atomic E-state index is 12.5. The number of thiol groups is 1. The lowest BCUT2D eigenvalue weighted by molar-refractivity contribution is -0.142. The number of benzene rings is 1. The number of rotatable bonds is 2. The van der Waals surface area contributed by atoms with E-state index in [2.05, 4.69) is 12.6 Å². The standard InChI is InChI=1S/C16H20N2O3S/c19-15(12-4-1-2-6-14(12)22)17-7-9-18(10-8-17)16(20)13-5-3-11-21-13/h1-2,4,6,13,22H,3,5,7-11H2. The number of amides is 2. The van der Waals surface area contributed by atoms with Crippen LogP contribution >= 0.6 is 12.6 Å². The Hall–Kier alpha value is -1.53. The molecule has 0 radical (unpaired) electrons. The Morgan fingerprint density at radius 1 is 1.09 bits per heavy atom. The SMILES string of the molecule is O=C(c1ccccc1S)N1CCN(C(=O)C2CCCO2)CC1. The lowest BCUT2D eigenvalue weighted by Crippen LogP contribution is -2.52. The molecule has 2 amide bonds. The van der Waals surface area contributed by atoms with Crippen molar-refractivity contribution in [2.45, 2.75) is 23.8 Å². The molecule has 1 unspecified atom stereocenters. The molecule has 1 aromatic rings. The molecule has 0 spiro atoms. The van der Waals surface area contributed by atoms with Gasteiger partial charge >= 0.3 is 0 Å². The molecule has 5 nitrogen and oxygen atoms in total. The minimum absolute atomic E-state index is 0.0187. The van der Waals surface area contributed by atoms with E-state index in [0.717, 1.165) is 12.8 Å². The van der Waals surface area contributed by atoms with Gasteiger partial charge in [-0.2, -0.15) is 0 Å². The van der Waals surface area contributed by atoms with E-state index >= 15 is 0 Å². The van der Waals surface area contributed by atoms with Crippen LogP contribution < -0.4 is 0 Å². The van der Waals surface area contributed by atoms with Crippen molar-refractivity contribution in [1.29, 1.82) is 0 Å². The van der Waals surface area contributed by atoms with E-state index in [0.29, 0.717) is 43.2 Å². The summed E-state index contributed by atoms with van der Waals surface area (Å²) in [6.07, 6.45) is 1.49. The minimum Gasteiger partial charge on any atom is -0.368 e. The molecule has 2 heterocycles. The van der Waals surface area contributed by atoms with Gasteiger partial charge in [0, 0.05) is 37.7 Å². The van der Waals surface area contributed by atoms with Gasteiger partial charge in [-0.15, -0.1) is 12.6 Å². The highest BCUT2D eigenvalue weighted by Gasteiger charge is 2.31. The number of piperazine rings is 1. The van der Waals surface area contributed by atoms with Crippen molar-refractivity contribution in [3.63, 3.8) is 0 Å². The Labute approximate surface area is 135 Å². The number of hydrogen-bond acceptors (Lipinski definition) is 4. The zero-order valence-corrected chi connectivity index (χ0v) is 13.3. The molecular formula is C16H20N2O3S. The first kappa shape index (κ1) is 15.4. The van der Waals surface area contributed by atoms with Gasteiger partial charge in [0.05, 0.1) is 5.56 Å². The number of carbonyl (C=O) groups is 2. The van der Waals surface area contributed by atoms with Gasteiger partial charge in [0.15, 0.2) is 0 Å². The van der Waals surface area contributed by atoms with E-state index in [-0.39, 0.29) is 17.9 Å². The van der Waals surface area contributed by atoms with E-state index in [1.165, 1.54) is 0 Å². The molecule has 118 valence electrons. The second kappa shape index (κ2) is 6.71. The molecule has 2 aliphatic rings. The fourth-order valence-electron chi connectivity index (χ4n) is 2.93. The summed E-state index contributed by atoms with van der Waals surface area (Å²) < 4.78 is 5.45. The van der Waals surface area contributed by atoms with Crippen LogP contribution in [0.2, 0.25) is 0 Å². The summed E-state index contributed by atoms with van der Waals surface area (Å²) in [5.41, 5.74) is 0.615. The van der Waals surface area contributed by atoms with Crippen molar-refractivity contribution >= 4 is 24.4 Å². The molecule has 2 saturated heterocycles. The third-order valence-electron chi connectivity index (χ3n) is 4.22. The van der Waals surface area contributed by atoms with Gasteiger partial charge < -0.3 is 14.5 Å². The first-order chi connectivity index (χ1) is 10.7. The number of nitrogens with zero attached hydrogens (tertiary/aromatic N) is 2. The molecular weight excluding hydrogens is 300 g/mol. The molecule has 1 aromatic carbocycles. The molecule has 22 heavy (non-hydrogen) atoms. The van der Waals surface area contributed by atoms with Crippen LogP contribution in [-0.2, 0) is 9.53 Å². The van der Waals surface area contributed by atoms with Crippen LogP contribution in [0.15, 0.2) is 29.2 Å². The van der Waals surface area contributed by atoms with Crippen LogP contribution in [0.1, 0.15) is 23.2 Å². The molecule has 1 atom stereocenters. The van der Waals surface area contributed by atoms with Crippen molar-refractivity contribution in [2.24, 2.45) is 0 Å². The lowest BCUT2D eigenvalue weighted by atomic mass is 10.1. The van der Waals surface area contributed by atoms with Crippen molar-refractivity contribution in [3.05, 3.63) is 29.8 Å². The fraction of sp³-hybridized carbons (Fsp3) is 0.500.